The van der Waals surface area contributed by atoms with Crippen molar-refractivity contribution in [2.75, 3.05) is 7.11 Å². The Hall–Kier alpha value is -1.71. The van der Waals surface area contributed by atoms with Gasteiger partial charge < -0.3 is 13.9 Å². The molecule has 1 saturated carbocycles. The molecule has 1 aliphatic carbocycles. The minimum absolute atomic E-state index is 0.0313. The number of hydrogen-bond acceptors (Lipinski definition) is 5. The van der Waals surface area contributed by atoms with Gasteiger partial charge in [-0.05, 0) is 24.6 Å². The van der Waals surface area contributed by atoms with E-state index in [0.717, 1.165) is 19.2 Å². The van der Waals surface area contributed by atoms with Gasteiger partial charge >= 0.3 is 12.1 Å². The summed E-state index contributed by atoms with van der Waals surface area (Å²) in [7, 11) is -1.37. The van der Waals surface area contributed by atoms with Crippen LogP contribution in [0.1, 0.15) is 45.6 Å². The first-order valence-electron chi connectivity index (χ1n) is 10.2. The maximum Gasteiger partial charge on any atom is 0.432 e. The van der Waals surface area contributed by atoms with Gasteiger partial charge in [-0.15, -0.1) is 0 Å². The van der Waals surface area contributed by atoms with Crippen molar-refractivity contribution < 1.29 is 36.7 Å². The predicted octanol–water partition coefficient (Wildman–Crippen LogP) is 5.15. The third-order valence-electron chi connectivity index (χ3n) is 6.24. The average Bonchev–Trinajstić information content (AvgIpc) is 2.64. The van der Waals surface area contributed by atoms with Crippen molar-refractivity contribution in [2.45, 2.75) is 82.2 Å². The van der Waals surface area contributed by atoms with E-state index in [4.69, 9.17) is 13.9 Å². The Balaban J connectivity index is 2.27. The summed E-state index contributed by atoms with van der Waals surface area (Å²) < 4.78 is 58.4. The van der Waals surface area contributed by atoms with Crippen LogP contribution in [0.15, 0.2) is 30.3 Å². The highest BCUT2D eigenvalue weighted by Crippen LogP contribution is 2.44. The summed E-state index contributed by atoms with van der Waals surface area (Å²) in [6, 6.07) is 6.56. The van der Waals surface area contributed by atoms with E-state index in [9.17, 15) is 22.8 Å². The third-order valence-corrected chi connectivity index (χ3v) is 10.8. The summed E-state index contributed by atoms with van der Waals surface area (Å²) in [4.78, 5) is 25.3. The molecule has 3 atom stereocenters. The van der Waals surface area contributed by atoms with Gasteiger partial charge in [0.2, 0.25) is 0 Å². The summed E-state index contributed by atoms with van der Waals surface area (Å²) in [5.74, 6) is -2.07. The molecule has 0 spiro atoms. The second-order valence-corrected chi connectivity index (χ2v) is 14.1. The summed E-state index contributed by atoms with van der Waals surface area (Å²) in [6.45, 7) is 10.3. The maximum atomic E-state index is 14.1. The number of carbonyl (C=O) groups excluding carboxylic acids is 2. The first-order valence-corrected chi connectivity index (χ1v) is 13.2. The van der Waals surface area contributed by atoms with Crippen LogP contribution in [0.2, 0.25) is 18.1 Å². The van der Waals surface area contributed by atoms with Crippen LogP contribution in [0.5, 0.6) is 0 Å². The monoisotopic (exact) mass is 460 g/mol. The lowest BCUT2D eigenvalue weighted by Crippen LogP contribution is -2.54. The van der Waals surface area contributed by atoms with Gasteiger partial charge in [0, 0.05) is 31.6 Å². The molecule has 0 heterocycles. The number of methoxy groups -OCH3 is 1. The molecule has 0 unspecified atom stereocenters. The van der Waals surface area contributed by atoms with Gasteiger partial charge in [0.25, 0.3) is 5.60 Å². The number of hydrogen-bond donors (Lipinski definition) is 0. The van der Waals surface area contributed by atoms with E-state index in [0.29, 0.717) is 6.42 Å². The molecule has 0 N–H and O–H groups in total. The lowest BCUT2D eigenvalue weighted by Gasteiger charge is -2.41. The number of halogens is 3. The molecule has 0 bridgehead atoms. The first kappa shape index (κ1) is 25.5. The Bertz CT molecular complexity index is 789. The molecule has 1 fully saturated rings. The zero-order chi connectivity index (χ0) is 23.7. The summed E-state index contributed by atoms with van der Waals surface area (Å²) in [6.07, 6.45) is -6.20. The van der Waals surface area contributed by atoms with Crippen molar-refractivity contribution in [2.24, 2.45) is 0 Å². The van der Waals surface area contributed by atoms with Gasteiger partial charge in [-0.2, -0.15) is 13.2 Å². The normalized spacial score (nSPS) is 22.7. The van der Waals surface area contributed by atoms with Gasteiger partial charge in [-0.3, -0.25) is 4.79 Å². The molecule has 174 valence electrons. The zero-order valence-corrected chi connectivity index (χ0v) is 19.8. The van der Waals surface area contributed by atoms with Crippen molar-refractivity contribution >= 4 is 20.1 Å². The van der Waals surface area contributed by atoms with Crippen LogP contribution >= 0.6 is 0 Å². The Kier molecular flexibility index (Phi) is 7.44. The number of ether oxygens (including phenoxy) is 2. The number of carbonyl (C=O) groups is 2. The largest absolute Gasteiger partial charge is 0.452 e. The zero-order valence-electron chi connectivity index (χ0n) is 18.8. The standard InChI is InChI=1S/C22H31F3O5Si/c1-20(2,3)31(5,6)30-16-12-13-17(26)18(14-16)29-19(27)21(28-4,22(23,24)25)15-10-8-7-9-11-15/h7-11,16,18H,12-14H2,1-6H3/t16-,18-,21+/m1/s1. The van der Waals surface area contributed by atoms with Gasteiger partial charge in [-0.25, -0.2) is 4.79 Å². The van der Waals surface area contributed by atoms with E-state index in [2.05, 4.69) is 33.9 Å². The molecular weight excluding hydrogens is 429 g/mol. The molecule has 1 aromatic carbocycles. The molecule has 31 heavy (non-hydrogen) atoms. The van der Waals surface area contributed by atoms with E-state index in [1.807, 2.05) is 0 Å². The van der Waals surface area contributed by atoms with E-state index in [1.54, 1.807) is 0 Å². The van der Waals surface area contributed by atoms with Gasteiger partial charge in [0.15, 0.2) is 20.2 Å². The number of alkyl halides is 3. The summed E-state index contributed by atoms with van der Waals surface area (Å²) in [5.41, 5.74) is -3.73. The minimum atomic E-state index is -5.09. The van der Waals surface area contributed by atoms with Gasteiger partial charge in [0.05, 0.1) is 0 Å². The van der Waals surface area contributed by atoms with Crippen molar-refractivity contribution in [1.82, 2.24) is 0 Å². The predicted molar refractivity (Wildman–Crippen MR) is 112 cm³/mol. The quantitative estimate of drug-likeness (QED) is 0.434. The molecule has 1 aromatic rings. The second kappa shape index (κ2) is 9.03. The van der Waals surface area contributed by atoms with Crippen molar-refractivity contribution in [1.29, 1.82) is 0 Å². The number of benzene rings is 1. The first-order chi connectivity index (χ1) is 14.2. The summed E-state index contributed by atoms with van der Waals surface area (Å²) in [5, 5.41) is -0.0740. The molecule has 0 aliphatic heterocycles. The van der Waals surface area contributed by atoms with Crippen molar-refractivity contribution in [3.8, 4) is 0 Å². The van der Waals surface area contributed by atoms with Crippen LogP contribution in [0.4, 0.5) is 13.2 Å². The average molecular weight is 461 g/mol. The van der Waals surface area contributed by atoms with Gasteiger partial charge in [-0.1, -0.05) is 51.1 Å². The van der Waals surface area contributed by atoms with Crippen LogP contribution in [0.25, 0.3) is 0 Å². The smallest absolute Gasteiger partial charge is 0.432 e. The second-order valence-electron chi connectivity index (χ2n) is 9.38. The van der Waals surface area contributed by atoms with Crippen LogP contribution in [0.3, 0.4) is 0 Å². The third kappa shape index (κ3) is 5.20. The fourth-order valence-electron chi connectivity index (χ4n) is 3.37. The molecule has 1 aliphatic rings. The number of Topliss-reactive ketones (excluding diaryl/α,β-unsaturated/α-hetero) is 1. The SMILES string of the molecule is CO[C@](C(=O)O[C@@H]1C[C@H](O[Si](C)(C)C(C)(C)C)CCC1=O)(c1ccccc1)C(F)(F)F. The molecule has 0 radical (unpaired) electrons. The van der Waals surface area contributed by atoms with Crippen LogP contribution in [-0.2, 0) is 29.1 Å². The van der Waals surface area contributed by atoms with E-state index in [-0.39, 0.29) is 24.0 Å². The number of esters is 1. The Morgan fingerprint density at radius 3 is 2.16 bits per heavy atom. The van der Waals surface area contributed by atoms with E-state index in [1.165, 1.54) is 18.2 Å². The minimum Gasteiger partial charge on any atom is -0.452 e. The molecule has 5 nitrogen and oxygen atoms in total. The van der Waals surface area contributed by atoms with Crippen LogP contribution < -0.4 is 0 Å². The van der Waals surface area contributed by atoms with E-state index < -0.39 is 43.5 Å². The van der Waals surface area contributed by atoms with Crippen LogP contribution in [-0.4, -0.2) is 45.6 Å². The highest BCUT2D eigenvalue weighted by molar-refractivity contribution is 6.74. The highest BCUT2D eigenvalue weighted by atomic mass is 28.4. The number of ketones is 1. The molecule has 2 rings (SSSR count). The number of rotatable bonds is 6. The van der Waals surface area contributed by atoms with Gasteiger partial charge in [0.1, 0.15) is 0 Å². The molecule has 0 aromatic heterocycles. The fraction of sp³-hybridized carbons (Fsp3) is 0.636. The fourth-order valence-corrected chi connectivity index (χ4v) is 4.77. The van der Waals surface area contributed by atoms with E-state index >= 15 is 0 Å². The van der Waals surface area contributed by atoms with Crippen molar-refractivity contribution in [3.63, 3.8) is 0 Å². The maximum absolute atomic E-state index is 14.1. The lowest BCUT2D eigenvalue weighted by atomic mass is 9.91. The van der Waals surface area contributed by atoms with Crippen molar-refractivity contribution in [3.05, 3.63) is 35.9 Å². The Morgan fingerprint density at radius 1 is 1.10 bits per heavy atom. The molecular formula is C22H31F3O5Si. The van der Waals surface area contributed by atoms with Crippen LogP contribution in [0, 0.1) is 0 Å². The topological polar surface area (TPSA) is 61.8 Å². The molecule has 0 amide bonds. The lowest BCUT2D eigenvalue weighted by molar-refractivity contribution is -0.278. The summed E-state index contributed by atoms with van der Waals surface area (Å²) >= 11 is 0. The Morgan fingerprint density at radius 2 is 1.68 bits per heavy atom. The molecule has 9 heteroatoms. The highest BCUT2D eigenvalue weighted by Gasteiger charge is 2.64. The molecule has 0 saturated heterocycles. The Labute approximate surface area is 182 Å².